The van der Waals surface area contributed by atoms with Crippen LogP contribution in [0.1, 0.15) is 27.9 Å². The molecular formula is C19H18F3NO3S. The largest absolute Gasteiger partial charge is 0.478 e. The third kappa shape index (κ3) is 6.63. The molecule has 0 spiro atoms. The van der Waals surface area contributed by atoms with Crippen LogP contribution < -0.4 is 5.32 Å². The van der Waals surface area contributed by atoms with E-state index in [1.807, 2.05) is 0 Å². The van der Waals surface area contributed by atoms with E-state index in [0.717, 1.165) is 5.56 Å². The topological polar surface area (TPSA) is 66.4 Å². The molecular weight excluding hydrogens is 379 g/mol. The first-order chi connectivity index (χ1) is 12.7. The lowest BCUT2D eigenvalue weighted by Gasteiger charge is -2.13. The quantitative estimate of drug-likeness (QED) is 0.651. The highest BCUT2D eigenvalue weighted by Gasteiger charge is 2.27. The number of alkyl halides is 3. The molecule has 0 bridgehead atoms. The van der Waals surface area contributed by atoms with Crippen molar-refractivity contribution in [2.75, 3.05) is 11.1 Å². The van der Waals surface area contributed by atoms with Crippen LogP contribution in [0.5, 0.6) is 0 Å². The molecule has 0 heterocycles. The number of hydrogen-bond acceptors (Lipinski definition) is 3. The Morgan fingerprint density at radius 1 is 1.15 bits per heavy atom. The van der Waals surface area contributed by atoms with E-state index in [1.165, 1.54) is 6.07 Å². The summed E-state index contributed by atoms with van der Waals surface area (Å²) in [5.74, 6) is -2.52. The van der Waals surface area contributed by atoms with E-state index in [9.17, 15) is 22.8 Å². The second kappa shape index (κ2) is 8.94. The summed E-state index contributed by atoms with van der Waals surface area (Å²) in [7, 11) is 0. The number of carbonyl (C=O) groups is 2. The Bertz CT molecular complexity index is 837. The molecule has 0 saturated heterocycles. The first-order valence-corrected chi connectivity index (χ1v) is 9.05. The van der Waals surface area contributed by atoms with Crippen LogP contribution in [0.2, 0.25) is 0 Å². The molecule has 4 nitrogen and oxygen atoms in total. The monoisotopic (exact) mass is 397 g/mol. The van der Waals surface area contributed by atoms with Gasteiger partial charge in [0, 0.05) is 11.3 Å². The first-order valence-electron chi connectivity index (χ1n) is 8.07. The second-order valence-corrected chi connectivity index (χ2v) is 6.93. The third-order valence-corrected chi connectivity index (χ3v) is 4.81. The van der Waals surface area contributed by atoms with Gasteiger partial charge >= 0.3 is 12.1 Å². The fourth-order valence-electron chi connectivity index (χ4n) is 2.43. The van der Waals surface area contributed by atoms with Crippen LogP contribution in [0.4, 0.5) is 18.9 Å². The number of carbonyl (C=O) groups excluding carboxylic acids is 1. The zero-order chi connectivity index (χ0) is 20.0. The molecule has 2 aromatic carbocycles. The van der Waals surface area contributed by atoms with Gasteiger partial charge in [0.1, 0.15) is 0 Å². The van der Waals surface area contributed by atoms with Gasteiger partial charge in [-0.3, -0.25) is 4.79 Å². The number of halogens is 3. The van der Waals surface area contributed by atoms with Crippen LogP contribution in [-0.4, -0.2) is 28.9 Å². The molecule has 0 fully saturated rings. The molecule has 0 saturated carbocycles. The van der Waals surface area contributed by atoms with Crippen molar-refractivity contribution in [3.05, 3.63) is 59.2 Å². The van der Waals surface area contributed by atoms with Crippen molar-refractivity contribution in [2.24, 2.45) is 0 Å². The van der Waals surface area contributed by atoms with Crippen molar-refractivity contribution in [3.63, 3.8) is 0 Å². The smallest absolute Gasteiger partial charge is 0.398 e. The molecule has 0 aliphatic heterocycles. The van der Waals surface area contributed by atoms with E-state index in [-0.39, 0.29) is 18.4 Å². The maximum absolute atomic E-state index is 12.5. The normalized spacial score (nSPS) is 11.3. The summed E-state index contributed by atoms with van der Waals surface area (Å²) in [6.45, 7) is 1.77. The van der Waals surface area contributed by atoms with Crippen molar-refractivity contribution in [1.29, 1.82) is 0 Å². The minimum Gasteiger partial charge on any atom is -0.478 e. The zero-order valence-electron chi connectivity index (χ0n) is 14.5. The standard InChI is InChI=1S/C19H18F3NO3S/c1-12-6-8-16(27-11-19(20,21)22)15(10-12)23-17(24)9-7-13-4-2-3-5-14(13)18(25)26/h2-6,8,10H,7,9,11H2,1H3,(H,23,24)(H,25,26). The number of hydrogen-bond donors (Lipinski definition) is 2. The number of nitrogens with one attached hydrogen (secondary N) is 1. The predicted octanol–water partition coefficient (Wildman–Crippen LogP) is 4.92. The summed E-state index contributed by atoms with van der Waals surface area (Å²) in [6.07, 6.45) is -4.08. The van der Waals surface area contributed by atoms with E-state index < -0.39 is 23.8 Å². The van der Waals surface area contributed by atoms with Gasteiger partial charge in [0.15, 0.2) is 0 Å². The summed E-state index contributed by atoms with van der Waals surface area (Å²) >= 11 is 0.608. The molecule has 0 aliphatic rings. The molecule has 0 atom stereocenters. The van der Waals surface area contributed by atoms with Gasteiger partial charge in [0.2, 0.25) is 5.91 Å². The lowest BCUT2D eigenvalue weighted by atomic mass is 10.0. The fourth-order valence-corrected chi connectivity index (χ4v) is 3.18. The minimum atomic E-state index is -4.31. The second-order valence-electron chi connectivity index (χ2n) is 5.91. The number of aromatic carboxylic acids is 1. The average Bonchev–Trinajstić information content (AvgIpc) is 2.58. The molecule has 0 aromatic heterocycles. The Morgan fingerprint density at radius 2 is 1.85 bits per heavy atom. The van der Waals surface area contributed by atoms with Gasteiger partial charge < -0.3 is 10.4 Å². The fraction of sp³-hybridized carbons (Fsp3) is 0.263. The number of carboxylic acid groups (broad SMARTS) is 1. The molecule has 0 radical (unpaired) electrons. The van der Waals surface area contributed by atoms with Crippen molar-refractivity contribution in [3.8, 4) is 0 Å². The van der Waals surface area contributed by atoms with Crippen LogP contribution in [0.3, 0.4) is 0 Å². The summed E-state index contributed by atoms with van der Waals surface area (Å²) in [5, 5.41) is 11.8. The van der Waals surface area contributed by atoms with E-state index in [2.05, 4.69) is 5.32 Å². The molecule has 8 heteroatoms. The van der Waals surface area contributed by atoms with Crippen molar-refractivity contribution in [2.45, 2.75) is 30.8 Å². The van der Waals surface area contributed by atoms with Gasteiger partial charge in [0.05, 0.1) is 17.0 Å². The summed E-state index contributed by atoms with van der Waals surface area (Å²) in [6, 6.07) is 11.2. The molecule has 2 N–H and O–H groups in total. The Labute approximate surface area is 158 Å². The zero-order valence-corrected chi connectivity index (χ0v) is 15.3. The number of thioether (sulfide) groups is 1. The molecule has 0 unspecified atom stereocenters. The highest BCUT2D eigenvalue weighted by atomic mass is 32.2. The summed E-state index contributed by atoms with van der Waals surface area (Å²) < 4.78 is 37.4. The van der Waals surface area contributed by atoms with E-state index in [0.29, 0.717) is 27.9 Å². The molecule has 2 aromatic rings. The van der Waals surface area contributed by atoms with Crippen molar-refractivity contribution < 1.29 is 27.9 Å². The van der Waals surface area contributed by atoms with Crippen LogP contribution in [0.15, 0.2) is 47.4 Å². The minimum absolute atomic E-state index is 0.0155. The molecule has 1 amide bonds. The SMILES string of the molecule is Cc1ccc(SCC(F)(F)F)c(NC(=O)CCc2ccccc2C(=O)O)c1. The highest BCUT2D eigenvalue weighted by molar-refractivity contribution is 7.99. The van der Waals surface area contributed by atoms with Gasteiger partial charge in [0.25, 0.3) is 0 Å². The number of rotatable bonds is 7. The van der Waals surface area contributed by atoms with Gasteiger partial charge in [-0.2, -0.15) is 13.2 Å². The lowest BCUT2D eigenvalue weighted by molar-refractivity contribution is -0.116. The van der Waals surface area contributed by atoms with E-state index in [4.69, 9.17) is 5.11 Å². The van der Waals surface area contributed by atoms with Gasteiger partial charge in [-0.25, -0.2) is 4.79 Å². The summed E-state index contributed by atoms with van der Waals surface area (Å²) in [4.78, 5) is 23.8. The van der Waals surface area contributed by atoms with E-state index in [1.54, 1.807) is 43.3 Å². The number of anilines is 1. The molecule has 27 heavy (non-hydrogen) atoms. The Balaban J connectivity index is 2.05. The highest BCUT2D eigenvalue weighted by Crippen LogP contribution is 2.33. The van der Waals surface area contributed by atoms with Crippen LogP contribution in [0, 0.1) is 6.92 Å². The molecule has 2 rings (SSSR count). The first kappa shape index (κ1) is 20.8. The summed E-state index contributed by atoms with van der Waals surface area (Å²) in [5.41, 5.74) is 1.77. The van der Waals surface area contributed by atoms with Crippen molar-refractivity contribution >= 4 is 29.3 Å². The Hall–Kier alpha value is -2.48. The van der Waals surface area contributed by atoms with Gasteiger partial charge in [-0.1, -0.05) is 24.3 Å². The van der Waals surface area contributed by atoms with E-state index >= 15 is 0 Å². The third-order valence-electron chi connectivity index (χ3n) is 3.67. The van der Waals surface area contributed by atoms with Crippen molar-refractivity contribution in [1.82, 2.24) is 0 Å². The number of benzene rings is 2. The maximum Gasteiger partial charge on any atom is 0.398 e. The predicted molar refractivity (Wildman–Crippen MR) is 98.3 cm³/mol. The lowest BCUT2D eigenvalue weighted by Crippen LogP contribution is -2.15. The molecule has 0 aliphatic carbocycles. The number of aryl methyl sites for hydroxylation is 2. The van der Waals surface area contributed by atoms with Gasteiger partial charge in [-0.05, 0) is 42.7 Å². The number of carboxylic acids is 1. The van der Waals surface area contributed by atoms with Gasteiger partial charge in [-0.15, -0.1) is 11.8 Å². The number of amides is 1. The van der Waals surface area contributed by atoms with Crippen LogP contribution in [0.25, 0.3) is 0 Å². The molecule has 144 valence electrons. The Morgan fingerprint density at radius 3 is 2.52 bits per heavy atom. The van der Waals surface area contributed by atoms with Crippen LogP contribution in [-0.2, 0) is 11.2 Å². The maximum atomic E-state index is 12.5. The average molecular weight is 397 g/mol. The van der Waals surface area contributed by atoms with Crippen LogP contribution >= 0.6 is 11.8 Å². The Kier molecular flexibility index (Phi) is 6.90.